The molecule has 1 aromatic heterocycles. The van der Waals surface area contributed by atoms with Gasteiger partial charge in [0, 0.05) is 11.6 Å². The van der Waals surface area contributed by atoms with Crippen LogP contribution in [0.2, 0.25) is 0 Å². The minimum absolute atomic E-state index is 0.0368. The molecule has 104 valence electrons. The van der Waals surface area contributed by atoms with E-state index >= 15 is 0 Å². The molecule has 2 N–H and O–H groups in total. The number of anilines is 1. The lowest BCUT2D eigenvalue weighted by Crippen LogP contribution is -2.45. The number of carbonyl (C=O) groups excluding carboxylic acids is 1. The Bertz CT molecular complexity index is 621. The summed E-state index contributed by atoms with van der Waals surface area (Å²) in [6.45, 7) is 3.10. The standard InChI is InChI=1S/C16H19N3O/c1-11-7-9-17-14(10-11)16(20)19-13-6-2-4-12-5-3-8-18-15(12)13/h2-6,8,11,14,17H,7,9-10H2,1H3,(H,19,20). The summed E-state index contributed by atoms with van der Waals surface area (Å²) in [6, 6.07) is 9.64. The zero-order valence-corrected chi connectivity index (χ0v) is 11.6. The van der Waals surface area contributed by atoms with Crippen molar-refractivity contribution in [3.8, 4) is 0 Å². The van der Waals surface area contributed by atoms with Gasteiger partial charge in [-0.3, -0.25) is 9.78 Å². The number of amides is 1. The highest BCUT2D eigenvalue weighted by molar-refractivity contribution is 6.02. The first-order valence-corrected chi connectivity index (χ1v) is 7.12. The summed E-state index contributed by atoms with van der Waals surface area (Å²) in [6.07, 6.45) is 3.78. The molecule has 1 saturated heterocycles. The van der Waals surface area contributed by atoms with E-state index < -0.39 is 0 Å². The lowest BCUT2D eigenvalue weighted by molar-refractivity contribution is -0.119. The SMILES string of the molecule is CC1CCNC(C(=O)Nc2cccc3cccnc23)C1. The van der Waals surface area contributed by atoms with E-state index in [1.54, 1.807) is 6.20 Å². The molecule has 2 atom stereocenters. The van der Waals surface area contributed by atoms with E-state index in [0.717, 1.165) is 36.0 Å². The second kappa shape index (κ2) is 5.59. The molecule has 0 saturated carbocycles. The maximum absolute atomic E-state index is 12.4. The molecule has 2 heterocycles. The van der Waals surface area contributed by atoms with Gasteiger partial charge in [0.05, 0.1) is 17.2 Å². The Kier molecular flexibility index (Phi) is 3.65. The number of para-hydroxylation sites is 1. The molecular weight excluding hydrogens is 250 g/mol. The molecule has 0 aliphatic carbocycles. The quantitative estimate of drug-likeness (QED) is 0.881. The fourth-order valence-corrected chi connectivity index (χ4v) is 2.73. The molecule has 1 aliphatic rings. The second-order valence-corrected chi connectivity index (χ2v) is 5.51. The van der Waals surface area contributed by atoms with Crippen LogP contribution >= 0.6 is 0 Å². The maximum atomic E-state index is 12.4. The number of hydrogen-bond donors (Lipinski definition) is 2. The first-order chi connectivity index (χ1) is 9.74. The molecule has 1 aliphatic heterocycles. The number of fused-ring (bicyclic) bond motifs is 1. The molecular formula is C16H19N3O. The summed E-state index contributed by atoms with van der Waals surface area (Å²) >= 11 is 0. The number of piperidine rings is 1. The van der Waals surface area contributed by atoms with Gasteiger partial charge < -0.3 is 10.6 Å². The largest absolute Gasteiger partial charge is 0.323 e. The number of aromatic nitrogens is 1. The van der Waals surface area contributed by atoms with E-state index in [2.05, 4.69) is 22.5 Å². The van der Waals surface area contributed by atoms with E-state index in [9.17, 15) is 4.79 Å². The van der Waals surface area contributed by atoms with E-state index in [4.69, 9.17) is 0 Å². The summed E-state index contributed by atoms with van der Waals surface area (Å²) in [5.74, 6) is 0.632. The molecule has 1 aromatic carbocycles. The Balaban J connectivity index is 1.80. The lowest BCUT2D eigenvalue weighted by Gasteiger charge is -2.27. The van der Waals surface area contributed by atoms with Crippen molar-refractivity contribution in [1.82, 2.24) is 10.3 Å². The third kappa shape index (κ3) is 2.65. The second-order valence-electron chi connectivity index (χ2n) is 5.51. The molecule has 0 bridgehead atoms. The Morgan fingerprint density at radius 2 is 2.20 bits per heavy atom. The number of nitrogens with one attached hydrogen (secondary N) is 2. The number of benzene rings is 1. The van der Waals surface area contributed by atoms with Gasteiger partial charge in [-0.25, -0.2) is 0 Å². The zero-order valence-electron chi connectivity index (χ0n) is 11.6. The van der Waals surface area contributed by atoms with Gasteiger partial charge in [0.2, 0.25) is 5.91 Å². The van der Waals surface area contributed by atoms with Crippen molar-refractivity contribution in [2.24, 2.45) is 5.92 Å². The van der Waals surface area contributed by atoms with Crippen LogP contribution in [0.1, 0.15) is 19.8 Å². The zero-order chi connectivity index (χ0) is 13.9. The minimum atomic E-state index is -0.0993. The molecule has 1 amide bonds. The fraction of sp³-hybridized carbons (Fsp3) is 0.375. The van der Waals surface area contributed by atoms with E-state index in [1.165, 1.54) is 0 Å². The van der Waals surface area contributed by atoms with Crippen LogP contribution in [0.25, 0.3) is 10.9 Å². The fourth-order valence-electron chi connectivity index (χ4n) is 2.73. The molecule has 3 rings (SSSR count). The maximum Gasteiger partial charge on any atom is 0.241 e. The van der Waals surface area contributed by atoms with E-state index in [0.29, 0.717) is 5.92 Å². The van der Waals surface area contributed by atoms with Gasteiger partial charge in [0.25, 0.3) is 0 Å². The summed E-state index contributed by atoms with van der Waals surface area (Å²) in [7, 11) is 0. The van der Waals surface area contributed by atoms with Crippen LogP contribution in [0.15, 0.2) is 36.5 Å². The Morgan fingerprint density at radius 3 is 3.05 bits per heavy atom. The summed E-state index contributed by atoms with van der Waals surface area (Å²) in [4.78, 5) is 16.7. The molecule has 4 nitrogen and oxygen atoms in total. The third-order valence-corrected chi connectivity index (χ3v) is 3.87. The monoisotopic (exact) mass is 269 g/mol. The topological polar surface area (TPSA) is 54.0 Å². The van der Waals surface area contributed by atoms with Crippen LogP contribution < -0.4 is 10.6 Å². The number of carbonyl (C=O) groups is 1. The van der Waals surface area contributed by atoms with Crippen molar-refractivity contribution in [2.45, 2.75) is 25.8 Å². The number of hydrogen-bond acceptors (Lipinski definition) is 3. The molecule has 20 heavy (non-hydrogen) atoms. The van der Waals surface area contributed by atoms with Crippen molar-refractivity contribution in [3.63, 3.8) is 0 Å². The highest BCUT2D eigenvalue weighted by atomic mass is 16.2. The van der Waals surface area contributed by atoms with Crippen LogP contribution in [-0.4, -0.2) is 23.5 Å². The highest BCUT2D eigenvalue weighted by Crippen LogP contribution is 2.22. The molecule has 0 spiro atoms. The van der Waals surface area contributed by atoms with E-state index in [-0.39, 0.29) is 11.9 Å². The smallest absolute Gasteiger partial charge is 0.241 e. The van der Waals surface area contributed by atoms with Gasteiger partial charge >= 0.3 is 0 Å². The first-order valence-electron chi connectivity index (χ1n) is 7.12. The summed E-state index contributed by atoms with van der Waals surface area (Å²) < 4.78 is 0. The molecule has 4 heteroatoms. The predicted molar refractivity (Wildman–Crippen MR) is 80.6 cm³/mol. The number of pyridine rings is 1. The molecule has 0 radical (unpaired) electrons. The van der Waals surface area contributed by atoms with Crippen molar-refractivity contribution >= 4 is 22.5 Å². The summed E-state index contributed by atoms with van der Waals surface area (Å²) in [5, 5.41) is 7.33. The average molecular weight is 269 g/mol. The average Bonchev–Trinajstić information content (AvgIpc) is 2.47. The Morgan fingerprint density at radius 1 is 1.35 bits per heavy atom. The molecule has 1 fully saturated rings. The predicted octanol–water partition coefficient (Wildman–Crippen LogP) is 2.56. The van der Waals surface area contributed by atoms with Crippen LogP contribution in [0.4, 0.5) is 5.69 Å². The van der Waals surface area contributed by atoms with Crippen LogP contribution in [0.3, 0.4) is 0 Å². The van der Waals surface area contributed by atoms with Gasteiger partial charge in [0.15, 0.2) is 0 Å². The molecule has 2 unspecified atom stereocenters. The van der Waals surface area contributed by atoms with Crippen molar-refractivity contribution < 1.29 is 4.79 Å². The number of nitrogens with zero attached hydrogens (tertiary/aromatic N) is 1. The van der Waals surface area contributed by atoms with Crippen LogP contribution in [0, 0.1) is 5.92 Å². The normalized spacial score (nSPS) is 22.6. The van der Waals surface area contributed by atoms with Gasteiger partial charge in [-0.05, 0) is 37.4 Å². The Hall–Kier alpha value is -1.94. The summed E-state index contributed by atoms with van der Waals surface area (Å²) in [5.41, 5.74) is 1.63. The lowest BCUT2D eigenvalue weighted by atomic mass is 9.94. The van der Waals surface area contributed by atoms with Gasteiger partial charge in [-0.1, -0.05) is 25.1 Å². The number of rotatable bonds is 2. The van der Waals surface area contributed by atoms with Crippen LogP contribution in [-0.2, 0) is 4.79 Å². The highest BCUT2D eigenvalue weighted by Gasteiger charge is 2.24. The third-order valence-electron chi connectivity index (χ3n) is 3.87. The Labute approximate surface area is 118 Å². The van der Waals surface area contributed by atoms with Crippen LogP contribution in [0.5, 0.6) is 0 Å². The molecule has 2 aromatic rings. The van der Waals surface area contributed by atoms with Crippen molar-refractivity contribution in [2.75, 3.05) is 11.9 Å². The first kappa shape index (κ1) is 13.1. The van der Waals surface area contributed by atoms with E-state index in [1.807, 2.05) is 30.3 Å². The van der Waals surface area contributed by atoms with Gasteiger partial charge in [-0.2, -0.15) is 0 Å². The van der Waals surface area contributed by atoms with Gasteiger partial charge in [0.1, 0.15) is 0 Å². The van der Waals surface area contributed by atoms with Gasteiger partial charge in [-0.15, -0.1) is 0 Å². The van der Waals surface area contributed by atoms with Crippen molar-refractivity contribution in [1.29, 1.82) is 0 Å². The minimum Gasteiger partial charge on any atom is -0.323 e. The van der Waals surface area contributed by atoms with Crippen molar-refractivity contribution in [3.05, 3.63) is 36.5 Å².